The molecule has 0 aliphatic carbocycles. The Balaban J connectivity index is 2.04. The predicted octanol–water partition coefficient (Wildman–Crippen LogP) is -1.96. The van der Waals surface area contributed by atoms with E-state index in [2.05, 4.69) is 0 Å². The Morgan fingerprint density at radius 2 is 1.67 bits per heavy atom. The van der Waals surface area contributed by atoms with Gasteiger partial charge >= 0.3 is 0 Å². The predicted molar refractivity (Wildman–Crippen MR) is 71.0 cm³/mol. The molecule has 21 heavy (non-hydrogen) atoms. The van der Waals surface area contributed by atoms with Crippen molar-refractivity contribution in [3.63, 3.8) is 0 Å². The minimum absolute atomic E-state index is 0.181. The van der Waals surface area contributed by atoms with Gasteiger partial charge < -0.3 is 40.4 Å². The van der Waals surface area contributed by atoms with Crippen LogP contribution < -0.4 is 5.73 Å². The molecule has 0 aromatic rings. The van der Waals surface area contributed by atoms with Gasteiger partial charge in [0.15, 0.2) is 12.6 Å². The fourth-order valence-corrected chi connectivity index (χ4v) is 2.80. The van der Waals surface area contributed by atoms with E-state index in [0.717, 1.165) is 0 Å². The minimum atomic E-state index is -1.38. The highest BCUT2D eigenvalue weighted by molar-refractivity contribution is 4.96. The quantitative estimate of drug-likeness (QED) is 0.397. The van der Waals surface area contributed by atoms with Crippen LogP contribution in [0, 0.1) is 0 Å². The van der Waals surface area contributed by atoms with Crippen molar-refractivity contribution < 1.29 is 34.6 Å². The largest absolute Gasteiger partial charge is 0.389 e. The Morgan fingerprint density at radius 1 is 1.05 bits per heavy atom. The molecular formula is C13H25NO7. The van der Waals surface area contributed by atoms with Crippen LogP contribution in [0.4, 0.5) is 0 Å². The number of hydrogen-bond donors (Lipinski definition) is 5. The molecule has 2 saturated heterocycles. The molecule has 2 rings (SSSR count). The average Bonchev–Trinajstić information content (AvgIpc) is 2.38. The van der Waals surface area contributed by atoms with E-state index >= 15 is 0 Å². The lowest BCUT2D eigenvalue weighted by Crippen LogP contribution is -2.63. The molecule has 2 fully saturated rings. The van der Waals surface area contributed by atoms with Crippen molar-refractivity contribution in [1.29, 1.82) is 0 Å². The first-order valence-electron chi connectivity index (χ1n) is 7.11. The van der Waals surface area contributed by atoms with E-state index in [4.69, 9.17) is 19.9 Å². The van der Waals surface area contributed by atoms with Gasteiger partial charge in [0.1, 0.15) is 18.3 Å². The molecule has 8 nitrogen and oxygen atoms in total. The van der Waals surface area contributed by atoms with Crippen LogP contribution in [0.3, 0.4) is 0 Å². The molecule has 2 aliphatic rings. The maximum absolute atomic E-state index is 10.0. The fourth-order valence-electron chi connectivity index (χ4n) is 2.80. The zero-order valence-corrected chi connectivity index (χ0v) is 12.4. The summed E-state index contributed by atoms with van der Waals surface area (Å²) >= 11 is 0. The van der Waals surface area contributed by atoms with E-state index in [1.54, 1.807) is 20.8 Å². The molecule has 124 valence electrons. The molecule has 0 bridgehead atoms. The molecular weight excluding hydrogens is 282 g/mol. The summed E-state index contributed by atoms with van der Waals surface area (Å²) in [5, 5.41) is 39.6. The summed E-state index contributed by atoms with van der Waals surface area (Å²) < 4.78 is 16.1. The molecule has 0 spiro atoms. The summed E-state index contributed by atoms with van der Waals surface area (Å²) in [5.74, 6) is 0. The fraction of sp³-hybridized carbons (Fsp3) is 1.00. The summed E-state index contributed by atoms with van der Waals surface area (Å²) in [5.41, 5.74) is 5.09. The lowest BCUT2D eigenvalue weighted by atomic mass is 9.86. The Hall–Kier alpha value is -0.320. The van der Waals surface area contributed by atoms with E-state index in [9.17, 15) is 20.4 Å². The van der Waals surface area contributed by atoms with Gasteiger partial charge in [-0.05, 0) is 20.8 Å². The molecule has 0 saturated carbocycles. The number of rotatable bonds is 2. The molecule has 9 atom stereocenters. The van der Waals surface area contributed by atoms with Crippen LogP contribution in [0.5, 0.6) is 0 Å². The first-order valence-corrected chi connectivity index (χ1v) is 7.11. The van der Waals surface area contributed by atoms with Crippen LogP contribution in [0.25, 0.3) is 0 Å². The molecule has 0 radical (unpaired) electrons. The van der Waals surface area contributed by atoms with Gasteiger partial charge in [0.25, 0.3) is 0 Å². The van der Waals surface area contributed by atoms with Gasteiger partial charge in [-0.15, -0.1) is 0 Å². The Kier molecular flexibility index (Phi) is 4.91. The second-order valence-electron chi connectivity index (χ2n) is 6.24. The van der Waals surface area contributed by atoms with Crippen molar-refractivity contribution in [2.75, 3.05) is 0 Å². The molecule has 8 heteroatoms. The number of hydrogen-bond acceptors (Lipinski definition) is 8. The highest BCUT2D eigenvalue weighted by Crippen LogP contribution is 2.31. The molecule has 6 N–H and O–H groups in total. The van der Waals surface area contributed by atoms with Crippen LogP contribution >= 0.6 is 0 Å². The topological polar surface area (TPSA) is 135 Å². The second-order valence-corrected chi connectivity index (χ2v) is 6.24. The second kappa shape index (κ2) is 6.05. The van der Waals surface area contributed by atoms with Gasteiger partial charge in [-0.3, -0.25) is 0 Å². The number of ether oxygens (including phenoxy) is 3. The maximum Gasteiger partial charge on any atom is 0.184 e. The Labute approximate surface area is 123 Å². The van der Waals surface area contributed by atoms with Crippen LogP contribution in [0.15, 0.2) is 0 Å². The van der Waals surface area contributed by atoms with Gasteiger partial charge in [-0.25, -0.2) is 0 Å². The van der Waals surface area contributed by atoms with Crippen LogP contribution in [0.2, 0.25) is 0 Å². The first kappa shape index (κ1) is 17.0. The summed E-state index contributed by atoms with van der Waals surface area (Å²) in [7, 11) is 0. The van der Waals surface area contributed by atoms with Gasteiger partial charge in [-0.2, -0.15) is 0 Å². The zero-order valence-electron chi connectivity index (χ0n) is 12.4. The molecule has 0 amide bonds. The summed E-state index contributed by atoms with van der Waals surface area (Å²) in [6.07, 6.45) is -7.76. The van der Waals surface area contributed by atoms with E-state index < -0.39 is 54.7 Å². The van der Waals surface area contributed by atoms with Crippen molar-refractivity contribution in [2.24, 2.45) is 5.73 Å². The van der Waals surface area contributed by atoms with Crippen molar-refractivity contribution in [2.45, 2.75) is 81.9 Å². The van der Waals surface area contributed by atoms with E-state index in [0.29, 0.717) is 0 Å². The third kappa shape index (κ3) is 3.38. The standard InChI is InChI=1S/C13H25NO7/c1-5-8(15)9(16)10(12(18)20-5)21-7-4-13(3,14)11(17)6(2)19-7/h5-12,15-18H,4,14H2,1-3H3/t5-,6+,7+,8-,9+,10-,11-,12-,13+/m1/s1. The smallest absolute Gasteiger partial charge is 0.184 e. The SMILES string of the molecule is C[C@@H]1O[C@@H](O[C@@H]2[C@@H](O)[C@H](O)[C@@H](C)O[C@H]2O)C[C@](C)(N)[C@@H]1O. The highest BCUT2D eigenvalue weighted by Gasteiger charge is 2.47. The lowest BCUT2D eigenvalue weighted by molar-refractivity contribution is -0.335. The maximum atomic E-state index is 10.0. The summed E-state index contributed by atoms with van der Waals surface area (Å²) in [6, 6.07) is 0. The van der Waals surface area contributed by atoms with Crippen molar-refractivity contribution in [3.8, 4) is 0 Å². The lowest BCUT2D eigenvalue weighted by Gasteiger charge is -2.46. The first-order chi connectivity index (χ1) is 9.63. The van der Waals surface area contributed by atoms with E-state index in [1.165, 1.54) is 0 Å². The van der Waals surface area contributed by atoms with Gasteiger partial charge in [0.2, 0.25) is 0 Å². The molecule has 0 unspecified atom stereocenters. The number of aliphatic hydroxyl groups is 4. The third-order valence-electron chi connectivity index (χ3n) is 4.20. The van der Waals surface area contributed by atoms with Crippen molar-refractivity contribution in [3.05, 3.63) is 0 Å². The number of aliphatic hydroxyl groups excluding tert-OH is 4. The van der Waals surface area contributed by atoms with Crippen molar-refractivity contribution >= 4 is 0 Å². The van der Waals surface area contributed by atoms with Crippen LogP contribution in [-0.2, 0) is 14.2 Å². The average molecular weight is 307 g/mol. The molecule has 0 aromatic heterocycles. The zero-order chi connectivity index (χ0) is 15.9. The van der Waals surface area contributed by atoms with Gasteiger partial charge in [-0.1, -0.05) is 0 Å². The summed E-state index contributed by atoms with van der Waals surface area (Å²) in [4.78, 5) is 0. The van der Waals surface area contributed by atoms with Crippen molar-refractivity contribution in [1.82, 2.24) is 0 Å². The molecule has 0 aromatic carbocycles. The molecule has 2 aliphatic heterocycles. The number of nitrogens with two attached hydrogens (primary N) is 1. The normalized spacial score (nSPS) is 55.4. The van der Waals surface area contributed by atoms with Gasteiger partial charge in [0, 0.05) is 12.0 Å². The highest BCUT2D eigenvalue weighted by atomic mass is 16.7. The van der Waals surface area contributed by atoms with E-state index in [-0.39, 0.29) is 6.42 Å². The van der Waals surface area contributed by atoms with Crippen LogP contribution in [0.1, 0.15) is 27.2 Å². The van der Waals surface area contributed by atoms with Gasteiger partial charge in [0.05, 0.1) is 18.3 Å². The molecule has 2 heterocycles. The monoisotopic (exact) mass is 307 g/mol. The summed E-state index contributed by atoms with van der Waals surface area (Å²) in [6.45, 7) is 4.88. The minimum Gasteiger partial charge on any atom is -0.389 e. The Morgan fingerprint density at radius 3 is 2.24 bits per heavy atom. The van der Waals surface area contributed by atoms with Crippen LogP contribution in [-0.4, -0.2) is 75.2 Å². The third-order valence-corrected chi connectivity index (χ3v) is 4.20. The Bertz CT molecular complexity index is 366. The van der Waals surface area contributed by atoms with E-state index in [1.807, 2.05) is 0 Å².